The van der Waals surface area contributed by atoms with Crippen LogP contribution in [0, 0.1) is 6.92 Å². The SMILES string of the molecule is COc1cc(C)c(CCC(=O)O)cc1C(C)C. The molecule has 0 radical (unpaired) electrons. The number of methoxy groups -OCH3 is 1. The van der Waals surface area contributed by atoms with E-state index in [9.17, 15) is 4.79 Å². The van der Waals surface area contributed by atoms with E-state index in [4.69, 9.17) is 9.84 Å². The van der Waals surface area contributed by atoms with E-state index in [1.807, 2.05) is 13.0 Å². The van der Waals surface area contributed by atoms with Crippen LogP contribution in [0.2, 0.25) is 0 Å². The molecule has 94 valence electrons. The summed E-state index contributed by atoms with van der Waals surface area (Å²) in [4.78, 5) is 10.6. The van der Waals surface area contributed by atoms with Crippen molar-refractivity contribution in [2.45, 2.75) is 39.5 Å². The fraction of sp³-hybridized carbons (Fsp3) is 0.500. The molecule has 0 spiro atoms. The molecule has 0 unspecified atom stereocenters. The van der Waals surface area contributed by atoms with E-state index in [1.54, 1.807) is 7.11 Å². The van der Waals surface area contributed by atoms with Crippen molar-refractivity contribution in [2.24, 2.45) is 0 Å². The van der Waals surface area contributed by atoms with Crippen molar-refractivity contribution in [1.82, 2.24) is 0 Å². The molecular formula is C14H20O3. The summed E-state index contributed by atoms with van der Waals surface area (Å²) < 4.78 is 5.35. The molecule has 17 heavy (non-hydrogen) atoms. The Bertz CT molecular complexity index is 408. The minimum Gasteiger partial charge on any atom is -0.496 e. The molecule has 0 saturated carbocycles. The van der Waals surface area contributed by atoms with E-state index in [0.29, 0.717) is 12.3 Å². The van der Waals surface area contributed by atoms with Crippen molar-refractivity contribution in [3.05, 3.63) is 28.8 Å². The Morgan fingerprint density at radius 3 is 2.53 bits per heavy atom. The first-order valence-electron chi connectivity index (χ1n) is 5.85. The number of aryl methyl sites for hydroxylation is 2. The molecule has 0 atom stereocenters. The van der Waals surface area contributed by atoms with Gasteiger partial charge in [0.15, 0.2) is 0 Å². The maximum absolute atomic E-state index is 10.6. The van der Waals surface area contributed by atoms with E-state index in [0.717, 1.165) is 22.4 Å². The quantitative estimate of drug-likeness (QED) is 0.854. The van der Waals surface area contributed by atoms with Crippen LogP contribution in [0.5, 0.6) is 5.75 Å². The normalized spacial score (nSPS) is 10.6. The summed E-state index contributed by atoms with van der Waals surface area (Å²) in [5.41, 5.74) is 3.32. The highest BCUT2D eigenvalue weighted by atomic mass is 16.5. The summed E-state index contributed by atoms with van der Waals surface area (Å²) in [5.74, 6) is 0.497. The second-order valence-corrected chi connectivity index (χ2v) is 4.57. The zero-order valence-corrected chi connectivity index (χ0v) is 10.9. The van der Waals surface area contributed by atoms with E-state index >= 15 is 0 Å². The summed E-state index contributed by atoms with van der Waals surface area (Å²) in [6.45, 7) is 6.20. The highest BCUT2D eigenvalue weighted by Gasteiger charge is 2.11. The Labute approximate surface area is 102 Å². The number of carbonyl (C=O) groups is 1. The van der Waals surface area contributed by atoms with Crippen LogP contribution in [0.1, 0.15) is 42.9 Å². The summed E-state index contributed by atoms with van der Waals surface area (Å²) >= 11 is 0. The largest absolute Gasteiger partial charge is 0.496 e. The molecule has 0 heterocycles. The van der Waals surface area contributed by atoms with Gasteiger partial charge in [-0.1, -0.05) is 19.9 Å². The molecule has 0 saturated heterocycles. The Hall–Kier alpha value is -1.51. The maximum Gasteiger partial charge on any atom is 0.303 e. The molecule has 3 heteroatoms. The van der Waals surface area contributed by atoms with Gasteiger partial charge in [0, 0.05) is 6.42 Å². The fourth-order valence-electron chi connectivity index (χ4n) is 1.88. The first-order valence-corrected chi connectivity index (χ1v) is 5.85. The van der Waals surface area contributed by atoms with Gasteiger partial charge in [0.1, 0.15) is 5.75 Å². The second kappa shape index (κ2) is 5.71. The Morgan fingerprint density at radius 1 is 1.41 bits per heavy atom. The van der Waals surface area contributed by atoms with Crippen LogP contribution in [0.4, 0.5) is 0 Å². The third-order valence-electron chi connectivity index (χ3n) is 2.92. The minimum absolute atomic E-state index is 0.171. The Morgan fingerprint density at radius 2 is 2.06 bits per heavy atom. The third kappa shape index (κ3) is 3.48. The van der Waals surface area contributed by atoms with Gasteiger partial charge in [0.05, 0.1) is 7.11 Å². The van der Waals surface area contributed by atoms with Crippen molar-refractivity contribution in [2.75, 3.05) is 7.11 Å². The van der Waals surface area contributed by atoms with Crippen LogP contribution >= 0.6 is 0 Å². The van der Waals surface area contributed by atoms with E-state index < -0.39 is 5.97 Å². The number of ether oxygens (including phenoxy) is 1. The topological polar surface area (TPSA) is 46.5 Å². The molecule has 0 amide bonds. The highest BCUT2D eigenvalue weighted by Crippen LogP contribution is 2.30. The molecular weight excluding hydrogens is 216 g/mol. The van der Waals surface area contributed by atoms with Gasteiger partial charge < -0.3 is 9.84 Å². The van der Waals surface area contributed by atoms with Crippen molar-refractivity contribution in [1.29, 1.82) is 0 Å². The van der Waals surface area contributed by atoms with Crippen LogP contribution in [-0.4, -0.2) is 18.2 Å². The zero-order chi connectivity index (χ0) is 13.0. The van der Waals surface area contributed by atoms with Crippen LogP contribution in [0.15, 0.2) is 12.1 Å². The Kier molecular flexibility index (Phi) is 4.55. The van der Waals surface area contributed by atoms with Crippen molar-refractivity contribution < 1.29 is 14.6 Å². The zero-order valence-electron chi connectivity index (χ0n) is 10.9. The molecule has 3 nitrogen and oxygen atoms in total. The fourth-order valence-corrected chi connectivity index (χ4v) is 1.88. The molecule has 0 aliphatic carbocycles. The van der Waals surface area contributed by atoms with Crippen LogP contribution in [0.3, 0.4) is 0 Å². The van der Waals surface area contributed by atoms with Gasteiger partial charge in [-0.2, -0.15) is 0 Å². The number of hydrogen-bond donors (Lipinski definition) is 1. The summed E-state index contributed by atoms with van der Waals surface area (Å²) in [6, 6.07) is 4.06. The number of carboxylic acids is 1. The number of hydrogen-bond acceptors (Lipinski definition) is 2. The Balaban J connectivity index is 3.06. The lowest BCUT2D eigenvalue weighted by Crippen LogP contribution is -2.02. The van der Waals surface area contributed by atoms with Gasteiger partial charge in [-0.3, -0.25) is 4.79 Å². The minimum atomic E-state index is -0.758. The molecule has 0 aliphatic rings. The van der Waals surface area contributed by atoms with E-state index in [-0.39, 0.29) is 6.42 Å². The average molecular weight is 236 g/mol. The molecule has 0 aromatic heterocycles. The van der Waals surface area contributed by atoms with Gasteiger partial charge in [0.25, 0.3) is 0 Å². The third-order valence-corrected chi connectivity index (χ3v) is 2.92. The predicted octanol–water partition coefficient (Wildman–Crippen LogP) is 3.14. The highest BCUT2D eigenvalue weighted by molar-refractivity contribution is 5.67. The smallest absolute Gasteiger partial charge is 0.303 e. The summed E-state index contributed by atoms with van der Waals surface area (Å²) in [5, 5.41) is 8.72. The molecule has 1 aromatic carbocycles. The van der Waals surface area contributed by atoms with Crippen LogP contribution in [-0.2, 0) is 11.2 Å². The van der Waals surface area contributed by atoms with E-state index in [1.165, 1.54) is 0 Å². The molecule has 0 bridgehead atoms. The molecule has 1 aromatic rings. The first kappa shape index (κ1) is 13.6. The number of rotatable bonds is 5. The molecule has 1 rings (SSSR count). The van der Waals surface area contributed by atoms with Crippen molar-refractivity contribution in [3.8, 4) is 5.75 Å². The number of carboxylic acid groups (broad SMARTS) is 1. The van der Waals surface area contributed by atoms with Gasteiger partial charge in [-0.05, 0) is 42.0 Å². The molecule has 0 aliphatic heterocycles. The van der Waals surface area contributed by atoms with Crippen molar-refractivity contribution >= 4 is 5.97 Å². The lowest BCUT2D eigenvalue weighted by Gasteiger charge is -2.15. The van der Waals surface area contributed by atoms with Gasteiger partial charge in [-0.15, -0.1) is 0 Å². The first-order chi connectivity index (χ1) is 7.95. The van der Waals surface area contributed by atoms with Gasteiger partial charge >= 0.3 is 5.97 Å². The standard InChI is InChI=1S/C14H20O3/c1-9(2)12-8-11(5-6-14(15)16)10(3)7-13(12)17-4/h7-9H,5-6H2,1-4H3,(H,15,16). The molecule has 1 N–H and O–H groups in total. The maximum atomic E-state index is 10.6. The second-order valence-electron chi connectivity index (χ2n) is 4.57. The number of benzene rings is 1. The van der Waals surface area contributed by atoms with Gasteiger partial charge in [0.2, 0.25) is 0 Å². The van der Waals surface area contributed by atoms with E-state index in [2.05, 4.69) is 19.9 Å². The van der Waals surface area contributed by atoms with Gasteiger partial charge in [-0.25, -0.2) is 0 Å². The van der Waals surface area contributed by atoms with Crippen molar-refractivity contribution in [3.63, 3.8) is 0 Å². The van der Waals surface area contributed by atoms with Crippen LogP contribution < -0.4 is 4.74 Å². The lowest BCUT2D eigenvalue weighted by molar-refractivity contribution is -0.136. The summed E-state index contributed by atoms with van der Waals surface area (Å²) in [7, 11) is 1.66. The predicted molar refractivity (Wildman–Crippen MR) is 67.8 cm³/mol. The average Bonchev–Trinajstić information content (AvgIpc) is 2.26. The summed E-state index contributed by atoms with van der Waals surface area (Å²) in [6.07, 6.45) is 0.746. The molecule has 0 fully saturated rings. The van der Waals surface area contributed by atoms with Crippen LogP contribution in [0.25, 0.3) is 0 Å². The lowest BCUT2D eigenvalue weighted by atomic mass is 9.94. The number of aliphatic carboxylic acids is 1. The monoisotopic (exact) mass is 236 g/mol.